The third-order valence-corrected chi connectivity index (χ3v) is 4.60. The molecule has 0 bridgehead atoms. The summed E-state index contributed by atoms with van der Waals surface area (Å²) < 4.78 is 0. The third kappa shape index (κ3) is 5.07. The van der Waals surface area contributed by atoms with Crippen LogP contribution < -0.4 is 5.73 Å². The van der Waals surface area contributed by atoms with E-state index in [1.807, 2.05) is 6.21 Å². The number of nitrogens with zero attached hydrogens (tertiary/aromatic N) is 1. The summed E-state index contributed by atoms with van der Waals surface area (Å²) in [6, 6.07) is 4.33. The molecule has 0 fully saturated rings. The Kier molecular flexibility index (Phi) is 6.63. The Hall–Kier alpha value is -1.35. The van der Waals surface area contributed by atoms with Gasteiger partial charge in [0.25, 0.3) is 0 Å². The van der Waals surface area contributed by atoms with E-state index in [0.29, 0.717) is 5.75 Å². The second-order valence-electron chi connectivity index (χ2n) is 8.79. The van der Waals surface area contributed by atoms with E-state index in [0.717, 1.165) is 24.0 Å². The minimum atomic E-state index is -0.127. The third-order valence-electron chi connectivity index (χ3n) is 4.60. The summed E-state index contributed by atoms with van der Waals surface area (Å²) in [4.78, 5) is 4.68. The van der Waals surface area contributed by atoms with E-state index in [1.165, 1.54) is 5.56 Å². The molecule has 0 saturated heterocycles. The molecule has 1 aromatic carbocycles. The molecule has 24 heavy (non-hydrogen) atoms. The lowest BCUT2D eigenvalue weighted by Gasteiger charge is -2.27. The van der Waals surface area contributed by atoms with Crippen molar-refractivity contribution < 1.29 is 5.11 Å². The second kappa shape index (κ2) is 7.69. The molecule has 1 rings (SSSR count). The number of nitrogens with two attached hydrogens (primary N) is 1. The van der Waals surface area contributed by atoms with Crippen molar-refractivity contribution in [1.29, 1.82) is 0 Å². The molecule has 1 unspecified atom stereocenters. The summed E-state index contributed by atoms with van der Waals surface area (Å²) in [7, 11) is 0. The molecule has 0 aromatic heterocycles. The molecule has 3 heteroatoms. The fourth-order valence-corrected chi connectivity index (χ4v) is 2.73. The Morgan fingerprint density at radius 2 is 1.62 bits per heavy atom. The zero-order valence-corrected chi connectivity index (χ0v) is 16.8. The number of aliphatic imine (C=N–C) groups is 1. The molecular formula is C21H36N2O. The largest absolute Gasteiger partial charge is 0.507 e. The highest BCUT2D eigenvalue weighted by Gasteiger charge is 2.24. The van der Waals surface area contributed by atoms with Gasteiger partial charge in [-0.25, -0.2) is 0 Å². The predicted molar refractivity (Wildman–Crippen MR) is 105 cm³/mol. The highest BCUT2D eigenvalue weighted by Crippen LogP contribution is 2.37. The number of rotatable bonds is 5. The number of phenolic OH excluding ortho intramolecular Hbond substituents is 1. The first-order chi connectivity index (χ1) is 10.9. The van der Waals surface area contributed by atoms with Gasteiger partial charge in [0.05, 0.1) is 6.04 Å². The molecule has 3 nitrogen and oxygen atoms in total. The van der Waals surface area contributed by atoms with Crippen molar-refractivity contribution in [2.45, 2.75) is 91.1 Å². The number of phenols is 1. The van der Waals surface area contributed by atoms with E-state index in [2.05, 4.69) is 72.5 Å². The molecule has 0 heterocycles. The van der Waals surface area contributed by atoms with Crippen molar-refractivity contribution in [2.75, 3.05) is 0 Å². The van der Waals surface area contributed by atoms with E-state index < -0.39 is 0 Å². The normalized spacial score (nSPS) is 15.7. The first-order valence-electron chi connectivity index (χ1n) is 9.08. The van der Waals surface area contributed by atoms with E-state index in [1.54, 1.807) is 0 Å². The SMILES string of the molecule is CCC(N)[C@H](CC)/N=C/c1cc(C(C)(C)C)cc(C(C)(C)C)c1O. The predicted octanol–water partition coefficient (Wildman–Crippen LogP) is 4.92. The fraction of sp³-hybridized carbons (Fsp3) is 0.667. The quantitative estimate of drug-likeness (QED) is 0.752. The minimum absolute atomic E-state index is 0.0142. The molecule has 0 aliphatic heterocycles. The Morgan fingerprint density at radius 3 is 2.04 bits per heavy atom. The van der Waals surface area contributed by atoms with Crippen molar-refractivity contribution in [1.82, 2.24) is 0 Å². The van der Waals surface area contributed by atoms with E-state index in [-0.39, 0.29) is 22.9 Å². The monoisotopic (exact) mass is 332 g/mol. The molecular weight excluding hydrogens is 296 g/mol. The Labute approximate surface area is 148 Å². The topological polar surface area (TPSA) is 58.6 Å². The van der Waals surface area contributed by atoms with Crippen LogP contribution in [0.1, 0.15) is 84.9 Å². The van der Waals surface area contributed by atoms with Gasteiger partial charge in [-0.15, -0.1) is 0 Å². The molecule has 0 aliphatic rings. The molecule has 0 spiro atoms. The molecule has 1 aromatic rings. The van der Waals surface area contributed by atoms with E-state index in [4.69, 9.17) is 5.73 Å². The number of hydrogen-bond acceptors (Lipinski definition) is 3. The maximum absolute atomic E-state index is 10.8. The first kappa shape index (κ1) is 20.7. The second-order valence-corrected chi connectivity index (χ2v) is 8.79. The van der Waals surface area contributed by atoms with Gasteiger partial charge in [-0.3, -0.25) is 4.99 Å². The van der Waals surface area contributed by atoms with Crippen molar-refractivity contribution in [3.63, 3.8) is 0 Å². The maximum Gasteiger partial charge on any atom is 0.128 e. The van der Waals surface area contributed by atoms with Crippen molar-refractivity contribution in [3.8, 4) is 5.75 Å². The standard InChI is InChI=1S/C21H36N2O/c1-9-17(22)18(10-2)23-13-14-11-15(20(3,4)5)12-16(19(14)24)21(6,7)8/h11-13,17-18,24H,9-10,22H2,1-8H3/b23-13+/t17?,18-/m0/s1. The highest BCUT2D eigenvalue weighted by atomic mass is 16.3. The number of benzene rings is 1. The summed E-state index contributed by atoms with van der Waals surface area (Å²) in [5, 5.41) is 10.8. The molecule has 2 atom stereocenters. The maximum atomic E-state index is 10.8. The molecule has 0 saturated carbocycles. The van der Waals surface area contributed by atoms with Crippen molar-refractivity contribution in [2.24, 2.45) is 10.7 Å². The van der Waals surface area contributed by atoms with Gasteiger partial charge >= 0.3 is 0 Å². The first-order valence-corrected chi connectivity index (χ1v) is 9.08. The average molecular weight is 333 g/mol. The number of aromatic hydroxyl groups is 1. The average Bonchev–Trinajstić information content (AvgIpc) is 2.46. The van der Waals surface area contributed by atoms with Crippen LogP contribution in [0.25, 0.3) is 0 Å². The highest BCUT2D eigenvalue weighted by molar-refractivity contribution is 5.85. The smallest absolute Gasteiger partial charge is 0.128 e. The minimum Gasteiger partial charge on any atom is -0.507 e. The van der Waals surface area contributed by atoms with Gasteiger partial charge in [-0.05, 0) is 35.3 Å². The Morgan fingerprint density at radius 1 is 1.04 bits per heavy atom. The zero-order chi connectivity index (χ0) is 18.7. The van der Waals surface area contributed by atoms with Crippen LogP contribution in [0.15, 0.2) is 17.1 Å². The van der Waals surface area contributed by atoms with Crippen molar-refractivity contribution in [3.05, 3.63) is 28.8 Å². The van der Waals surface area contributed by atoms with Crippen LogP contribution in [0.5, 0.6) is 5.75 Å². The molecule has 0 radical (unpaired) electrons. The van der Waals surface area contributed by atoms with Gasteiger partial charge < -0.3 is 10.8 Å². The molecule has 0 aliphatic carbocycles. The van der Waals surface area contributed by atoms with Crippen LogP contribution in [0.3, 0.4) is 0 Å². The van der Waals surface area contributed by atoms with Crippen LogP contribution in [0.2, 0.25) is 0 Å². The summed E-state index contributed by atoms with van der Waals surface area (Å²) in [5.74, 6) is 0.333. The number of hydrogen-bond donors (Lipinski definition) is 2. The molecule has 136 valence electrons. The summed E-state index contributed by atoms with van der Waals surface area (Å²) in [6.45, 7) is 17.1. The van der Waals surface area contributed by atoms with Gasteiger partial charge in [0.1, 0.15) is 5.75 Å². The lowest BCUT2D eigenvalue weighted by atomic mass is 9.79. The van der Waals surface area contributed by atoms with Crippen molar-refractivity contribution >= 4 is 6.21 Å². The zero-order valence-electron chi connectivity index (χ0n) is 16.8. The van der Waals surface area contributed by atoms with Crippen LogP contribution >= 0.6 is 0 Å². The van der Waals surface area contributed by atoms with Gasteiger partial charge in [-0.2, -0.15) is 0 Å². The van der Waals surface area contributed by atoms with Gasteiger partial charge in [0.2, 0.25) is 0 Å². The Balaban J connectivity index is 3.41. The molecule has 0 amide bonds. The van der Waals surface area contributed by atoms with Crippen LogP contribution in [0, 0.1) is 0 Å². The lowest BCUT2D eigenvalue weighted by molar-refractivity contribution is 0.443. The van der Waals surface area contributed by atoms with Gasteiger partial charge in [0, 0.05) is 23.4 Å². The van der Waals surface area contributed by atoms with Crippen LogP contribution in [0.4, 0.5) is 0 Å². The van der Waals surface area contributed by atoms with Crippen LogP contribution in [-0.2, 0) is 10.8 Å². The lowest BCUT2D eigenvalue weighted by Crippen LogP contribution is -2.32. The van der Waals surface area contributed by atoms with E-state index >= 15 is 0 Å². The molecule has 3 N–H and O–H groups in total. The van der Waals surface area contributed by atoms with Gasteiger partial charge in [0.15, 0.2) is 0 Å². The summed E-state index contributed by atoms with van der Waals surface area (Å²) in [5.41, 5.74) is 9.00. The Bertz CT molecular complexity index is 577. The van der Waals surface area contributed by atoms with Crippen LogP contribution in [-0.4, -0.2) is 23.4 Å². The van der Waals surface area contributed by atoms with E-state index in [9.17, 15) is 5.11 Å². The van der Waals surface area contributed by atoms with Gasteiger partial charge in [-0.1, -0.05) is 61.5 Å². The summed E-state index contributed by atoms with van der Waals surface area (Å²) >= 11 is 0. The summed E-state index contributed by atoms with van der Waals surface area (Å²) in [6.07, 6.45) is 3.61. The fourth-order valence-electron chi connectivity index (χ4n) is 2.73.